The molecule has 22 heavy (non-hydrogen) atoms. The Hall–Kier alpha value is -0.860. The minimum absolute atomic E-state index is 0.109. The number of carboxylic acids is 1. The van der Waals surface area contributed by atoms with Crippen LogP contribution in [0.25, 0.3) is 0 Å². The number of nitrogens with zero attached hydrogens (tertiary/aromatic N) is 1. The fourth-order valence-electron chi connectivity index (χ4n) is 2.36. The number of sulfonamides is 1. The fraction of sp³-hybridized carbons (Fsp3) is 0.462. The molecule has 1 saturated heterocycles. The van der Waals surface area contributed by atoms with Gasteiger partial charge >= 0.3 is 5.97 Å². The van der Waals surface area contributed by atoms with Crippen LogP contribution in [-0.2, 0) is 14.8 Å². The van der Waals surface area contributed by atoms with E-state index in [1.807, 2.05) is 0 Å². The first kappa shape index (κ1) is 17.5. The van der Waals surface area contributed by atoms with Crippen LogP contribution < -0.4 is 0 Å². The van der Waals surface area contributed by atoms with Crippen molar-refractivity contribution in [2.75, 3.05) is 13.1 Å². The second-order valence-electron chi connectivity index (χ2n) is 5.15. The molecule has 0 aromatic heterocycles. The summed E-state index contributed by atoms with van der Waals surface area (Å²) < 4.78 is 32.2. The molecule has 1 aliphatic heterocycles. The highest BCUT2D eigenvalue weighted by Gasteiger charge is 2.34. The average Bonchev–Trinajstić information content (AvgIpc) is 2.36. The van der Waals surface area contributed by atoms with Crippen molar-refractivity contribution in [1.82, 2.24) is 4.31 Å². The smallest absolute Gasteiger partial charge is 0.337 e. The highest BCUT2D eigenvalue weighted by Crippen LogP contribution is 2.31. The van der Waals surface area contributed by atoms with Crippen LogP contribution in [0.3, 0.4) is 0 Å². The summed E-state index contributed by atoms with van der Waals surface area (Å²) >= 11 is 11.8. The van der Waals surface area contributed by atoms with E-state index < -0.39 is 16.0 Å². The number of aromatic carboxylic acids is 1. The molecular formula is C13H15Cl2NO5S. The van der Waals surface area contributed by atoms with E-state index in [1.54, 1.807) is 13.8 Å². The lowest BCUT2D eigenvalue weighted by Gasteiger charge is -2.34. The summed E-state index contributed by atoms with van der Waals surface area (Å²) in [4.78, 5) is 10.9. The summed E-state index contributed by atoms with van der Waals surface area (Å²) in [7, 11) is -3.93. The van der Waals surface area contributed by atoms with Crippen molar-refractivity contribution >= 4 is 39.2 Å². The van der Waals surface area contributed by atoms with Crippen LogP contribution in [0.1, 0.15) is 24.2 Å². The molecule has 1 fully saturated rings. The maximum absolute atomic E-state index is 12.7. The summed E-state index contributed by atoms with van der Waals surface area (Å²) in [6.45, 7) is 3.89. The zero-order valence-electron chi connectivity index (χ0n) is 11.9. The molecule has 6 nitrogen and oxygen atoms in total. The van der Waals surface area contributed by atoms with Crippen LogP contribution in [0.5, 0.6) is 0 Å². The largest absolute Gasteiger partial charge is 0.478 e. The lowest BCUT2D eigenvalue weighted by molar-refractivity contribution is -0.0440. The molecule has 0 bridgehead atoms. The van der Waals surface area contributed by atoms with E-state index in [0.717, 1.165) is 12.1 Å². The predicted molar refractivity (Wildman–Crippen MR) is 82.2 cm³/mol. The monoisotopic (exact) mass is 367 g/mol. The number of hydrogen-bond acceptors (Lipinski definition) is 4. The van der Waals surface area contributed by atoms with Gasteiger partial charge in [-0.05, 0) is 26.0 Å². The maximum Gasteiger partial charge on any atom is 0.337 e. The Morgan fingerprint density at radius 1 is 1.23 bits per heavy atom. The second kappa shape index (κ2) is 6.33. The van der Waals surface area contributed by atoms with E-state index in [4.69, 9.17) is 33.0 Å². The van der Waals surface area contributed by atoms with Crippen LogP contribution in [0, 0.1) is 0 Å². The Bertz CT molecular complexity index is 697. The van der Waals surface area contributed by atoms with Crippen molar-refractivity contribution in [2.24, 2.45) is 0 Å². The van der Waals surface area contributed by atoms with Crippen LogP contribution in [0.15, 0.2) is 17.0 Å². The molecule has 0 aliphatic carbocycles. The molecule has 9 heteroatoms. The van der Waals surface area contributed by atoms with Crippen molar-refractivity contribution in [3.05, 3.63) is 27.7 Å². The molecule has 0 saturated carbocycles. The normalized spacial score (nSPS) is 23.5. The van der Waals surface area contributed by atoms with Crippen LogP contribution in [0.4, 0.5) is 0 Å². The molecule has 2 atom stereocenters. The predicted octanol–water partition coefficient (Wildman–Crippen LogP) is 2.49. The number of carbonyl (C=O) groups is 1. The Labute approximate surface area is 138 Å². The van der Waals surface area contributed by atoms with Gasteiger partial charge in [-0.3, -0.25) is 0 Å². The number of hydrogen-bond donors (Lipinski definition) is 1. The Balaban J connectivity index is 2.49. The summed E-state index contributed by atoms with van der Waals surface area (Å²) in [6, 6.07) is 2.12. The molecule has 1 aromatic rings. The lowest BCUT2D eigenvalue weighted by Crippen LogP contribution is -2.48. The van der Waals surface area contributed by atoms with E-state index >= 15 is 0 Å². The number of benzene rings is 1. The van der Waals surface area contributed by atoms with E-state index in [1.165, 1.54) is 4.31 Å². The van der Waals surface area contributed by atoms with Gasteiger partial charge in [0.1, 0.15) is 4.90 Å². The Morgan fingerprint density at radius 2 is 1.77 bits per heavy atom. The molecule has 2 rings (SSSR count). The quantitative estimate of drug-likeness (QED) is 0.886. The molecule has 1 aromatic carbocycles. The molecule has 1 N–H and O–H groups in total. The highest BCUT2D eigenvalue weighted by atomic mass is 35.5. The molecule has 0 amide bonds. The van der Waals surface area contributed by atoms with Crippen LogP contribution >= 0.6 is 23.2 Å². The fourth-order valence-corrected chi connectivity index (χ4v) is 4.78. The van der Waals surface area contributed by atoms with Gasteiger partial charge in [-0.2, -0.15) is 4.31 Å². The standard InChI is InChI=1S/C13H15Cl2NO5S/c1-7-5-16(6-8(2)21-7)22(19,20)12-3-9(13(17)18)10(14)4-11(12)15/h3-4,7-8H,5-6H2,1-2H3,(H,17,18)/t7-,8-/m0/s1. The van der Waals surface area contributed by atoms with Crippen molar-refractivity contribution < 1.29 is 23.1 Å². The minimum atomic E-state index is -3.93. The molecule has 0 spiro atoms. The molecule has 1 aliphatic rings. The van der Waals surface area contributed by atoms with Gasteiger partial charge < -0.3 is 9.84 Å². The number of halogens is 2. The third-order valence-corrected chi connectivity index (χ3v) is 5.86. The highest BCUT2D eigenvalue weighted by molar-refractivity contribution is 7.89. The molecule has 1 heterocycles. The minimum Gasteiger partial charge on any atom is -0.478 e. The van der Waals surface area contributed by atoms with Gasteiger partial charge in [0, 0.05) is 13.1 Å². The van der Waals surface area contributed by atoms with Crippen molar-refractivity contribution in [2.45, 2.75) is 31.0 Å². The van der Waals surface area contributed by atoms with Gasteiger partial charge in [0.05, 0.1) is 27.8 Å². The Morgan fingerprint density at radius 3 is 2.27 bits per heavy atom. The van der Waals surface area contributed by atoms with E-state index in [-0.39, 0.29) is 45.8 Å². The van der Waals surface area contributed by atoms with Gasteiger partial charge in [0.25, 0.3) is 0 Å². The first-order valence-corrected chi connectivity index (χ1v) is 8.70. The van der Waals surface area contributed by atoms with Gasteiger partial charge in [-0.25, -0.2) is 13.2 Å². The van der Waals surface area contributed by atoms with Crippen molar-refractivity contribution in [3.63, 3.8) is 0 Å². The van der Waals surface area contributed by atoms with E-state index in [0.29, 0.717) is 0 Å². The Kier molecular flexibility index (Phi) is 5.03. The third-order valence-electron chi connectivity index (χ3n) is 3.26. The zero-order chi connectivity index (χ0) is 16.7. The number of rotatable bonds is 3. The van der Waals surface area contributed by atoms with Gasteiger partial charge in [0.15, 0.2) is 0 Å². The van der Waals surface area contributed by atoms with Gasteiger partial charge in [-0.15, -0.1) is 0 Å². The second-order valence-corrected chi connectivity index (χ2v) is 7.87. The molecular weight excluding hydrogens is 353 g/mol. The van der Waals surface area contributed by atoms with Gasteiger partial charge in [0.2, 0.25) is 10.0 Å². The summed E-state index contributed by atoms with van der Waals surface area (Å²) in [6.07, 6.45) is -0.521. The maximum atomic E-state index is 12.7. The number of carboxylic acid groups (broad SMARTS) is 1. The first-order chi connectivity index (χ1) is 10.1. The average molecular weight is 368 g/mol. The summed E-state index contributed by atoms with van der Waals surface area (Å²) in [5.74, 6) is -1.32. The molecule has 0 unspecified atom stereocenters. The first-order valence-electron chi connectivity index (χ1n) is 6.51. The van der Waals surface area contributed by atoms with Gasteiger partial charge in [-0.1, -0.05) is 23.2 Å². The molecule has 122 valence electrons. The topological polar surface area (TPSA) is 83.9 Å². The third kappa shape index (κ3) is 3.38. The van der Waals surface area contributed by atoms with E-state index in [9.17, 15) is 13.2 Å². The lowest BCUT2D eigenvalue weighted by atomic mass is 10.2. The van der Waals surface area contributed by atoms with Crippen molar-refractivity contribution in [1.29, 1.82) is 0 Å². The zero-order valence-corrected chi connectivity index (χ0v) is 14.2. The number of ether oxygens (including phenoxy) is 1. The van der Waals surface area contributed by atoms with E-state index in [2.05, 4.69) is 0 Å². The number of morpholine rings is 1. The SMILES string of the molecule is C[C@H]1CN(S(=O)(=O)c2cc(C(=O)O)c(Cl)cc2Cl)C[C@H](C)O1. The van der Waals surface area contributed by atoms with Crippen molar-refractivity contribution in [3.8, 4) is 0 Å². The molecule has 0 radical (unpaired) electrons. The summed E-state index contributed by atoms with van der Waals surface area (Å²) in [5, 5.41) is 8.86. The van der Waals surface area contributed by atoms with Crippen LogP contribution in [-0.4, -0.2) is 49.1 Å². The summed E-state index contributed by atoms with van der Waals surface area (Å²) in [5.41, 5.74) is -0.306. The van der Waals surface area contributed by atoms with Crippen LogP contribution in [0.2, 0.25) is 10.0 Å².